The minimum atomic E-state index is -0.676. The number of terminal acetylenes is 1. The molecule has 0 saturated heterocycles. The molecule has 0 amide bonds. The zero-order valence-corrected chi connectivity index (χ0v) is 15.1. The smallest absolute Gasteiger partial charge is 0.137 e. The van der Waals surface area contributed by atoms with Crippen LogP contribution in [0.4, 0.5) is 4.39 Å². The molecule has 1 atom stereocenters. The number of nitrogens with zero attached hydrogens (tertiary/aromatic N) is 1. The number of allylic oxidation sites excluding steroid dienone is 8. The van der Waals surface area contributed by atoms with Crippen molar-refractivity contribution < 1.29 is 4.39 Å². The lowest BCUT2D eigenvalue weighted by Gasteiger charge is -2.09. The maximum atomic E-state index is 11.8. The summed E-state index contributed by atoms with van der Waals surface area (Å²) in [6, 6.07) is 0. The van der Waals surface area contributed by atoms with E-state index in [0.717, 1.165) is 22.5 Å². The number of hydrogen-bond donors (Lipinski definition) is 1. The predicted octanol–water partition coefficient (Wildman–Crippen LogP) is 5.45. The molecule has 1 aliphatic carbocycles. The summed E-state index contributed by atoms with van der Waals surface area (Å²) in [5.41, 5.74) is 2.98. The van der Waals surface area contributed by atoms with Crippen molar-refractivity contribution in [3.63, 3.8) is 0 Å². The van der Waals surface area contributed by atoms with Crippen LogP contribution in [0.3, 0.4) is 0 Å². The van der Waals surface area contributed by atoms with Gasteiger partial charge in [-0.25, -0.2) is 9.38 Å². The molecule has 1 radical (unpaired) electrons. The first-order valence-corrected chi connectivity index (χ1v) is 8.28. The molecule has 0 unspecified atom stereocenters. The molecule has 3 heteroatoms. The van der Waals surface area contributed by atoms with Crippen LogP contribution in [0.1, 0.15) is 40.5 Å². The van der Waals surface area contributed by atoms with E-state index in [1.165, 1.54) is 0 Å². The van der Waals surface area contributed by atoms with Gasteiger partial charge in [0, 0.05) is 23.6 Å². The largest absolute Gasteiger partial charge is 0.346 e. The topological polar surface area (TPSA) is 24.4 Å². The normalized spacial score (nSPS) is 18.1. The molecule has 129 valence electrons. The molecule has 24 heavy (non-hydrogen) atoms. The van der Waals surface area contributed by atoms with Gasteiger partial charge in [0.15, 0.2) is 0 Å². The van der Waals surface area contributed by atoms with Crippen LogP contribution in [-0.2, 0) is 0 Å². The lowest BCUT2D eigenvalue weighted by Crippen LogP contribution is -2.10. The Morgan fingerprint density at radius 2 is 2.04 bits per heavy atom. The summed E-state index contributed by atoms with van der Waals surface area (Å²) in [6.45, 7) is 11.2. The number of nitrogens with one attached hydrogen (secondary N) is 1. The quantitative estimate of drug-likeness (QED) is 0.670. The Kier molecular flexibility index (Phi) is 11.9. The van der Waals surface area contributed by atoms with Gasteiger partial charge >= 0.3 is 0 Å². The zero-order valence-electron chi connectivity index (χ0n) is 15.1. The Morgan fingerprint density at radius 3 is 2.50 bits per heavy atom. The zero-order chi connectivity index (χ0) is 18.4. The molecule has 0 spiro atoms. The van der Waals surface area contributed by atoms with Gasteiger partial charge in [0.2, 0.25) is 0 Å². The molecule has 0 fully saturated rings. The van der Waals surface area contributed by atoms with E-state index in [1.54, 1.807) is 0 Å². The van der Waals surface area contributed by atoms with E-state index in [-0.39, 0.29) is 0 Å². The molecule has 2 aliphatic rings. The maximum Gasteiger partial charge on any atom is 0.137 e. The fraction of sp³-hybridized carbons (Fsp3) is 0.333. The average molecular weight is 327 g/mol. The van der Waals surface area contributed by atoms with Gasteiger partial charge in [-0.3, -0.25) is 0 Å². The third-order valence-corrected chi connectivity index (χ3v) is 3.02. The third-order valence-electron chi connectivity index (χ3n) is 3.02. The van der Waals surface area contributed by atoms with Gasteiger partial charge in [-0.1, -0.05) is 51.8 Å². The molecular weight excluding hydrogens is 299 g/mol. The number of rotatable bonds is 2. The van der Waals surface area contributed by atoms with Crippen molar-refractivity contribution in [1.29, 1.82) is 0 Å². The molecule has 0 aromatic heterocycles. The second-order valence-corrected chi connectivity index (χ2v) is 4.85. The van der Waals surface area contributed by atoms with Crippen molar-refractivity contribution in [1.82, 2.24) is 5.32 Å². The Balaban J connectivity index is 0.000000563. The van der Waals surface area contributed by atoms with E-state index in [2.05, 4.69) is 23.2 Å². The van der Waals surface area contributed by atoms with E-state index in [4.69, 9.17) is 6.42 Å². The van der Waals surface area contributed by atoms with E-state index in [9.17, 15) is 4.39 Å². The summed E-state index contributed by atoms with van der Waals surface area (Å²) in [5.74, 6) is 3.44. The van der Waals surface area contributed by atoms with Crippen LogP contribution in [0.25, 0.3) is 0 Å². The average Bonchev–Trinajstić information content (AvgIpc) is 2.89. The summed E-state index contributed by atoms with van der Waals surface area (Å²) < 4.78 is 11.8. The number of alkyl halides is 1. The number of halogens is 1. The third kappa shape index (κ3) is 8.33. The fourth-order valence-corrected chi connectivity index (χ4v) is 1.59. The molecule has 2 rings (SSSR count). The Morgan fingerprint density at radius 1 is 1.33 bits per heavy atom. The summed E-state index contributed by atoms with van der Waals surface area (Å²) in [5, 5.41) is 3.14. The maximum absolute atomic E-state index is 11.8. The molecule has 0 aromatic carbocycles. The lowest BCUT2D eigenvalue weighted by molar-refractivity contribution is 0.326. The van der Waals surface area contributed by atoms with Crippen molar-refractivity contribution in [2.75, 3.05) is 0 Å². The van der Waals surface area contributed by atoms with Crippen LogP contribution in [0, 0.1) is 19.3 Å². The van der Waals surface area contributed by atoms with Crippen LogP contribution < -0.4 is 5.32 Å². The van der Waals surface area contributed by atoms with Crippen molar-refractivity contribution in [3.05, 3.63) is 66.0 Å². The molecule has 2 nitrogen and oxygen atoms in total. The van der Waals surface area contributed by atoms with Gasteiger partial charge in [0.25, 0.3) is 0 Å². The lowest BCUT2D eigenvalue weighted by atomic mass is 10.2. The van der Waals surface area contributed by atoms with Crippen molar-refractivity contribution in [2.24, 2.45) is 4.99 Å². The van der Waals surface area contributed by atoms with Crippen LogP contribution in [0.5, 0.6) is 0 Å². The number of aliphatic imine (C=N–C) groups is 1. The monoisotopic (exact) mass is 327 g/mol. The van der Waals surface area contributed by atoms with Gasteiger partial charge in [0.1, 0.15) is 5.82 Å². The summed E-state index contributed by atoms with van der Waals surface area (Å²) >= 11 is 0. The number of hydrogen-bond acceptors (Lipinski definition) is 2. The molecule has 1 aliphatic heterocycles. The van der Waals surface area contributed by atoms with Crippen LogP contribution in [0.2, 0.25) is 0 Å². The first-order valence-electron chi connectivity index (χ1n) is 8.28. The van der Waals surface area contributed by atoms with Gasteiger partial charge in [-0.15, -0.1) is 6.42 Å². The minimum absolute atomic E-state index is 0.413. The van der Waals surface area contributed by atoms with Gasteiger partial charge in [-0.2, -0.15) is 0 Å². The van der Waals surface area contributed by atoms with Crippen molar-refractivity contribution >= 4 is 6.21 Å². The second-order valence-electron chi connectivity index (χ2n) is 4.85. The molecule has 1 heterocycles. The van der Waals surface area contributed by atoms with E-state index < -0.39 is 6.17 Å². The van der Waals surface area contributed by atoms with Gasteiger partial charge in [0.05, 0.1) is 6.17 Å². The summed E-state index contributed by atoms with van der Waals surface area (Å²) in [4.78, 5) is 4.32. The fourth-order valence-electron chi connectivity index (χ4n) is 1.59. The Hall–Kier alpha value is -2.34. The Labute approximate surface area is 146 Å². The molecule has 0 aromatic rings. The van der Waals surface area contributed by atoms with Crippen molar-refractivity contribution in [2.45, 2.75) is 46.7 Å². The van der Waals surface area contributed by atoms with Gasteiger partial charge < -0.3 is 5.32 Å². The highest BCUT2D eigenvalue weighted by atomic mass is 19.1. The van der Waals surface area contributed by atoms with Crippen LogP contribution in [-0.4, -0.2) is 12.4 Å². The highest BCUT2D eigenvalue weighted by Crippen LogP contribution is 2.14. The minimum Gasteiger partial charge on any atom is -0.346 e. The first-order chi connectivity index (χ1) is 11.6. The van der Waals surface area contributed by atoms with Crippen molar-refractivity contribution in [3.8, 4) is 12.3 Å². The van der Waals surface area contributed by atoms with Crippen LogP contribution >= 0.6 is 0 Å². The molecular formula is C21H28FN2. The standard InChI is InChI=1S/C14H12N2.C5H10F.C2H6/c1-3-12-5-4-6-13(8-7-12)14-15-9-11(2)10-16-14;1-3-5(6)4-2;1-2/h1,4-10,15H,2H3;5H,1,3-4H2,2H3;1-2H3/b14-13-;;/t;5-;/m.0./s1. The van der Waals surface area contributed by atoms with E-state index >= 15 is 0 Å². The molecule has 0 saturated carbocycles. The summed E-state index contributed by atoms with van der Waals surface area (Å²) in [7, 11) is 0. The molecule has 0 bridgehead atoms. The first kappa shape index (κ1) is 21.7. The van der Waals surface area contributed by atoms with E-state index in [0.29, 0.717) is 12.8 Å². The Bertz CT molecular complexity index is 592. The van der Waals surface area contributed by atoms with E-state index in [1.807, 2.05) is 70.5 Å². The highest BCUT2D eigenvalue weighted by Gasteiger charge is 2.03. The molecule has 1 N–H and O–H groups in total. The van der Waals surface area contributed by atoms with Gasteiger partial charge in [-0.05, 0) is 37.5 Å². The predicted molar refractivity (Wildman–Crippen MR) is 104 cm³/mol. The van der Waals surface area contributed by atoms with Crippen LogP contribution in [0.15, 0.2) is 64.1 Å². The highest BCUT2D eigenvalue weighted by molar-refractivity contribution is 5.79. The summed E-state index contributed by atoms with van der Waals surface area (Å²) in [6.07, 6.45) is 19.1. The SMILES string of the molecule is C#CC1=CC=C/C(=C2/N=CC(C)=CN2)C=C1.CC.[CH2]C[C@H](F)CC. The second kappa shape index (κ2) is 13.1.